The van der Waals surface area contributed by atoms with E-state index in [1.807, 2.05) is 18.2 Å². The van der Waals surface area contributed by atoms with Gasteiger partial charge in [-0.25, -0.2) is 0 Å². The van der Waals surface area contributed by atoms with Crippen LogP contribution in [0.3, 0.4) is 0 Å². The Kier molecular flexibility index (Phi) is 6.73. The summed E-state index contributed by atoms with van der Waals surface area (Å²) in [6.45, 7) is 0. The molecule has 2 aliphatic carbocycles. The summed E-state index contributed by atoms with van der Waals surface area (Å²) in [4.78, 5) is 25.3. The first-order valence-corrected chi connectivity index (χ1v) is 10.6. The molecule has 1 aromatic carbocycles. The lowest BCUT2D eigenvalue weighted by Crippen LogP contribution is -2.38. The predicted molar refractivity (Wildman–Crippen MR) is 108 cm³/mol. The normalized spacial score (nSPS) is 19.4. The molecule has 2 amide bonds. The van der Waals surface area contributed by atoms with Crippen molar-refractivity contribution in [3.63, 3.8) is 0 Å². The summed E-state index contributed by atoms with van der Waals surface area (Å²) in [5.74, 6) is -0.104. The molecule has 1 aromatic rings. The van der Waals surface area contributed by atoms with E-state index in [1.54, 1.807) is 0 Å². The zero-order chi connectivity index (χ0) is 17.6. The van der Waals surface area contributed by atoms with Crippen molar-refractivity contribution in [2.24, 2.45) is 0 Å². The number of amides is 2. The Morgan fingerprint density at radius 1 is 0.760 bits per heavy atom. The Labute approximate surface area is 163 Å². The Morgan fingerprint density at radius 2 is 1.16 bits per heavy atom. The van der Waals surface area contributed by atoms with Gasteiger partial charge in [0.1, 0.15) is 0 Å². The van der Waals surface area contributed by atoms with Crippen LogP contribution in [0.2, 0.25) is 0 Å². The molecule has 0 saturated heterocycles. The fraction of sp³-hybridized carbons (Fsp3) is 0.600. The van der Waals surface area contributed by atoms with Crippen molar-refractivity contribution in [1.29, 1.82) is 0 Å². The maximum absolute atomic E-state index is 12.7. The van der Waals surface area contributed by atoms with Crippen molar-refractivity contribution in [3.05, 3.63) is 32.9 Å². The molecule has 5 heteroatoms. The highest BCUT2D eigenvalue weighted by Gasteiger charge is 2.22. The van der Waals surface area contributed by atoms with Crippen LogP contribution in [-0.2, 0) is 0 Å². The van der Waals surface area contributed by atoms with Gasteiger partial charge in [-0.3, -0.25) is 9.59 Å². The minimum absolute atomic E-state index is 0.0522. The van der Waals surface area contributed by atoms with Crippen LogP contribution in [0.25, 0.3) is 0 Å². The molecular formula is C20H27IN2O2. The van der Waals surface area contributed by atoms with Crippen LogP contribution in [0, 0.1) is 3.57 Å². The van der Waals surface area contributed by atoms with Crippen LogP contribution in [-0.4, -0.2) is 23.9 Å². The van der Waals surface area contributed by atoms with Gasteiger partial charge in [0.2, 0.25) is 0 Å². The third kappa shape index (κ3) is 4.96. The quantitative estimate of drug-likeness (QED) is 0.662. The first-order chi connectivity index (χ1) is 12.1. The molecule has 0 unspecified atom stereocenters. The van der Waals surface area contributed by atoms with E-state index < -0.39 is 0 Å². The number of nitrogens with one attached hydrogen (secondary N) is 2. The summed E-state index contributed by atoms with van der Waals surface area (Å²) < 4.78 is 0.752. The molecule has 0 spiro atoms. The van der Waals surface area contributed by atoms with Gasteiger partial charge < -0.3 is 10.6 Å². The molecule has 2 fully saturated rings. The molecule has 0 bridgehead atoms. The van der Waals surface area contributed by atoms with Gasteiger partial charge in [0, 0.05) is 15.7 Å². The number of carbonyl (C=O) groups is 2. The van der Waals surface area contributed by atoms with E-state index in [-0.39, 0.29) is 23.9 Å². The van der Waals surface area contributed by atoms with Crippen molar-refractivity contribution in [3.8, 4) is 0 Å². The van der Waals surface area contributed by atoms with E-state index in [4.69, 9.17) is 0 Å². The Bertz CT molecular complexity index is 570. The summed E-state index contributed by atoms with van der Waals surface area (Å²) in [6.07, 6.45) is 11.5. The van der Waals surface area contributed by atoms with Crippen LogP contribution in [0.15, 0.2) is 18.2 Å². The highest BCUT2D eigenvalue weighted by Crippen LogP contribution is 2.22. The first kappa shape index (κ1) is 18.7. The summed E-state index contributed by atoms with van der Waals surface area (Å²) in [7, 11) is 0. The lowest BCUT2D eigenvalue weighted by molar-refractivity contribution is 0.0927. The maximum atomic E-state index is 12.7. The van der Waals surface area contributed by atoms with Gasteiger partial charge in [0.05, 0.1) is 11.1 Å². The molecule has 0 heterocycles. The van der Waals surface area contributed by atoms with Gasteiger partial charge >= 0.3 is 0 Å². The second-order valence-corrected chi connectivity index (χ2v) is 8.36. The summed E-state index contributed by atoms with van der Waals surface area (Å²) in [5.41, 5.74) is 1.23. The molecule has 2 aliphatic rings. The monoisotopic (exact) mass is 454 g/mol. The largest absolute Gasteiger partial charge is 0.349 e. The van der Waals surface area contributed by atoms with Gasteiger partial charge in [-0.05, 0) is 60.4 Å². The minimum atomic E-state index is -0.0522. The molecule has 0 atom stereocenters. The smallest absolute Gasteiger partial charge is 0.252 e. The Balaban J connectivity index is 1.67. The Morgan fingerprint density at radius 3 is 1.56 bits per heavy atom. The van der Waals surface area contributed by atoms with Gasteiger partial charge in [-0.1, -0.05) is 44.6 Å². The van der Waals surface area contributed by atoms with E-state index in [2.05, 4.69) is 33.2 Å². The van der Waals surface area contributed by atoms with Gasteiger partial charge in [-0.15, -0.1) is 0 Å². The highest BCUT2D eigenvalue weighted by atomic mass is 127. The third-order valence-corrected chi connectivity index (χ3v) is 6.53. The predicted octanol–water partition coefficient (Wildman–Crippen LogP) is 4.42. The molecule has 4 nitrogen and oxygen atoms in total. The average Bonchev–Trinajstić information content (AvgIpc) is 2.63. The molecule has 0 aromatic heterocycles. The fourth-order valence-corrected chi connectivity index (χ4v) is 4.75. The molecule has 0 radical (unpaired) electrons. The van der Waals surface area contributed by atoms with Crippen LogP contribution in [0.4, 0.5) is 0 Å². The number of hydrogen-bond acceptors (Lipinski definition) is 2. The van der Waals surface area contributed by atoms with E-state index >= 15 is 0 Å². The molecule has 25 heavy (non-hydrogen) atoms. The van der Waals surface area contributed by atoms with Crippen molar-refractivity contribution >= 4 is 34.4 Å². The maximum Gasteiger partial charge on any atom is 0.252 e. The van der Waals surface area contributed by atoms with E-state index in [0.717, 1.165) is 29.3 Å². The van der Waals surface area contributed by atoms with Crippen molar-refractivity contribution in [1.82, 2.24) is 10.6 Å². The minimum Gasteiger partial charge on any atom is -0.349 e. The van der Waals surface area contributed by atoms with Crippen LogP contribution in [0.5, 0.6) is 0 Å². The standard InChI is InChI=1S/C20H27IN2O2/c21-18-16(19(24)22-14-8-3-1-4-9-14)12-7-13-17(18)20(25)23-15-10-5-2-6-11-15/h7,12-15H,1-6,8-11H2,(H,22,24)(H,23,25). The number of halogens is 1. The third-order valence-electron chi connectivity index (χ3n) is 5.37. The lowest BCUT2D eigenvalue weighted by Gasteiger charge is -2.24. The molecule has 3 rings (SSSR count). The summed E-state index contributed by atoms with van der Waals surface area (Å²) in [6, 6.07) is 6.00. The number of carbonyl (C=O) groups excluding carboxylic acids is 2. The number of benzene rings is 1. The second kappa shape index (κ2) is 9.01. The first-order valence-electron chi connectivity index (χ1n) is 9.55. The van der Waals surface area contributed by atoms with Crippen LogP contribution in [0.1, 0.15) is 84.9 Å². The molecule has 2 N–H and O–H groups in total. The molecular weight excluding hydrogens is 427 g/mol. The Hall–Kier alpha value is -1.11. The second-order valence-electron chi connectivity index (χ2n) is 7.28. The zero-order valence-corrected chi connectivity index (χ0v) is 16.8. The molecule has 0 aliphatic heterocycles. The van der Waals surface area contributed by atoms with Crippen molar-refractivity contribution in [2.45, 2.75) is 76.3 Å². The van der Waals surface area contributed by atoms with Gasteiger partial charge in [-0.2, -0.15) is 0 Å². The topological polar surface area (TPSA) is 58.2 Å². The average molecular weight is 454 g/mol. The highest BCUT2D eigenvalue weighted by molar-refractivity contribution is 14.1. The molecule has 136 valence electrons. The summed E-state index contributed by atoms with van der Waals surface area (Å²) in [5, 5.41) is 6.30. The summed E-state index contributed by atoms with van der Waals surface area (Å²) >= 11 is 2.14. The van der Waals surface area contributed by atoms with Gasteiger partial charge in [0.25, 0.3) is 11.8 Å². The number of rotatable bonds is 4. The van der Waals surface area contributed by atoms with Crippen LogP contribution >= 0.6 is 22.6 Å². The SMILES string of the molecule is O=C(NC1CCCCC1)c1cccc(C(=O)NC2CCCCC2)c1I. The van der Waals surface area contributed by atoms with E-state index in [0.29, 0.717) is 11.1 Å². The van der Waals surface area contributed by atoms with Crippen molar-refractivity contribution < 1.29 is 9.59 Å². The fourth-order valence-electron chi connectivity index (χ4n) is 3.90. The lowest BCUT2D eigenvalue weighted by atomic mass is 9.95. The molecule has 2 saturated carbocycles. The van der Waals surface area contributed by atoms with E-state index in [9.17, 15) is 9.59 Å². The van der Waals surface area contributed by atoms with Gasteiger partial charge in [0.15, 0.2) is 0 Å². The van der Waals surface area contributed by atoms with Crippen LogP contribution < -0.4 is 10.6 Å². The number of hydrogen-bond donors (Lipinski definition) is 2. The zero-order valence-electron chi connectivity index (χ0n) is 14.7. The van der Waals surface area contributed by atoms with E-state index in [1.165, 1.54) is 38.5 Å². The van der Waals surface area contributed by atoms with Crippen molar-refractivity contribution in [2.75, 3.05) is 0 Å².